The molecule has 2 rings (SSSR count). The second-order valence-electron chi connectivity index (χ2n) is 4.49. The maximum absolute atomic E-state index is 11.6. The van der Waals surface area contributed by atoms with Crippen LogP contribution in [0.25, 0.3) is 0 Å². The average molecular weight is 279 g/mol. The van der Waals surface area contributed by atoms with Gasteiger partial charge in [0.1, 0.15) is 11.5 Å². The molecule has 0 atom stereocenters. The first-order valence-corrected chi connectivity index (χ1v) is 6.51. The van der Waals surface area contributed by atoms with Crippen LogP contribution < -0.4 is 5.63 Å². The van der Waals surface area contributed by atoms with Gasteiger partial charge >= 0.3 is 5.63 Å². The first kappa shape index (κ1) is 13.7. The normalized spacial score (nSPS) is 10.6. The van der Waals surface area contributed by atoms with Crippen molar-refractivity contribution in [2.75, 3.05) is 0 Å². The van der Waals surface area contributed by atoms with Gasteiger partial charge in [-0.1, -0.05) is 23.7 Å². The maximum Gasteiger partial charge on any atom is 0.342 e. The fraction of sp³-hybridized carbons (Fsp3) is 0.267. The fourth-order valence-electron chi connectivity index (χ4n) is 1.97. The lowest BCUT2D eigenvalue weighted by atomic mass is 10.0. The zero-order valence-corrected chi connectivity index (χ0v) is 11.4. The number of benzene rings is 1. The molecule has 19 heavy (non-hydrogen) atoms. The Balaban J connectivity index is 2.00. The molecule has 1 N–H and O–H groups in total. The van der Waals surface area contributed by atoms with Crippen molar-refractivity contribution in [2.24, 2.45) is 0 Å². The van der Waals surface area contributed by atoms with Crippen LogP contribution in [0.4, 0.5) is 0 Å². The average Bonchev–Trinajstić information content (AvgIpc) is 2.34. The largest absolute Gasteiger partial charge is 0.507 e. The molecule has 0 bridgehead atoms. The van der Waals surface area contributed by atoms with E-state index in [-0.39, 0.29) is 5.75 Å². The first-order valence-electron chi connectivity index (χ1n) is 6.13. The highest BCUT2D eigenvalue weighted by molar-refractivity contribution is 6.30. The Hall–Kier alpha value is -1.74. The minimum Gasteiger partial charge on any atom is -0.507 e. The Morgan fingerprint density at radius 1 is 1.21 bits per heavy atom. The topological polar surface area (TPSA) is 50.4 Å². The third-order valence-corrected chi connectivity index (χ3v) is 3.21. The van der Waals surface area contributed by atoms with E-state index in [4.69, 9.17) is 16.0 Å². The summed E-state index contributed by atoms with van der Waals surface area (Å²) in [5.74, 6) is 0.439. The van der Waals surface area contributed by atoms with Crippen LogP contribution in [0.3, 0.4) is 0 Å². The molecule has 2 aromatic rings. The molecule has 0 saturated heterocycles. The van der Waals surface area contributed by atoms with Gasteiger partial charge in [0, 0.05) is 11.1 Å². The van der Waals surface area contributed by atoms with Crippen LogP contribution in [0.1, 0.15) is 23.3 Å². The van der Waals surface area contributed by atoms with E-state index in [9.17, 15) is 9.90 Å². The van der Waals surface area contributed by atoms with Gasteiger partial charge in [-0.05, 0) is 43.9 Å². The van der Waals surface area contributed by atoms with Crippen LogP contribution in [0.2, 0.25) is 5.02 Å². The second kappa shape index (κ2) is 5.93. The van der Waals surface area contributed by atoms with E-state index < -0.39 is 5.63 Å². The van der Waals surface area contributed by atoms with Gasteiger partial charge in [-0.2, -0.15) is 0 Å². The summed E-state index contributed by atoms with van der Waals surface area (Å²) in [4.78, 5) is 11.6. The van der Waals surface area contributed by atoms with Crippen molar-refractivity contribution in [1.82, 2.24) is 0 Å². The molecule has 0 aliphatic rings. The van der Waals surface area contributed by atoms with Gasteiger partial charge in [0.05, 0.1) is 5.56 Å². The smallest absolute Gasteiger partial charge is 0.342 e. The van der Waals surface area contributed by atoms with Gasteiger partial charge in [-0.25, -0.2) is 4.79 Å². The van der Waals surface area contributed by atoms with E-state index in [1.165, 1.54) is 6.07 Å². The van der Waals surface area contributed by atoms with Gasteiger partial charge in [0.25, 0.3) is 0 Å². The lowest BCUT2D eigenvalue weighted by Crippen LogP contribution is -2.08. The van der Waals surface area contributed by atoms with E-state index in [0.29, 0.717) is 22.8 Å². The van der Waals surface area contributed by atoms with E-state index in [0.717, 1.165) is 18.4 Å². The van der Waals surface area contributed by atoms with Crippen LogP contribution in [0, 0.1) is 6.92 Å². The van der Waals surface area contributed by atoms with Crippen LogP contribution >= 0.6 is 11.6 Å². The Morgan fingerprint density at radius 2 is 1.89 bits per heavy atom. The number of hydrogen-bond acceptors (Lipinski definition) is 3. The van der Waals surface area contributed by atoms with Crippen LogP contribution in [-0.4, -0.2) is 5.11 Å². The highest BCUT2D eigenvalue weighted by atomic mass is 35.5. The summed E-state index contributed by atoms with van der Waals surface area (Å²) in [6, 6.07) is 9.07. The van der Waals surface area contributed by atoms with Gasteiger partial charge in [0.2, 0.25) is 0 Å². The summed E-state index contributed by atoms with van der Waals surface area (Å²) in [6.07, 6.45) is 2.09. The molecule has 4 heteroatoms. The van der Waals surface area contributed by atoms with Crippen molar-refractivity contribution in [3.63, 3.8) is 0 Å². The van der Waals surface area contributed by atoms with E-state index in [1.54, 1.807) is 6.92 Å². The van der Waals surface area contributed by atoms with E-state index >= 15 is 0 Å². The highest BCUT2D eigenvalue weighted by Gasteiger charge is 2.09. The van der Waals surface area contributed by atoms with Gasteiger partial charge in [-0.3, -0.25) is 0 Å². The summed E-state index contributed by atoms with van der Waals surface area (Å²) in [5, 5.41) is 10.4. The maximum atomic E-state index is 11.6. The van der Waals surface area contributed by atoms with Crippen molar-refractivity contribution in [3.8, 4) is 5.75 Å². The molecule has 3 nitrogen and oxygen atoms in total. The summed E-state index contributed by atoms with van der Waals surface area (Å²) >= 11 is 5.81. The molecule has 0 radical (unpaired) electrons. The molecule has 0 amide bonds. The van der Waals surface area contributed by atoms with Crippen LogP contribution in [0.15, 0.2) is 39.5 Å². The third-order valence-electron chi connectivity index (χ3n) is 2.95. The number of hydrogen-bond donors (Lipinski definition) is 1. The monoisotopic (exact) mass is 278 g/mol. The quantitative estimate of drug-likeness (QED) is 0.931. The third kappa shape index (κ3) is 3.61. The standard InChI is InChI=1S/C15H15ClO3/c1-10-9-14(17)13(15(18)19-10)4-2-3-11-5-7-12(16)8-6-11/h5-9,17H,2-4H2,1H3. The van der Waals surface area contributed by atoms with Crippen LogP contribution in [0.5, 0.6) is 5.75 Å². The van der Waals surface area contributed by atoms with E-state index in [1.807, 2.05) is 24.3 Å². The summed E-state index contributed by atoms with van der Waals surface area (Å²) in [5.41, 5.74) is 1.05. The molecule has 0 spiro atoms. The van der Waals surface area contributed by atoms with Gasteiger partial charge in [0.15, 0.2) is 0 Å². The Kier molecular flexibility index (Phi) is 4.27. The molecule has 0 saturated carbocycles. The van der Waals surface area contributed by atoms with Crippen molar-refractivity contribution in [1.29, 1.82) is 0 Å². The van der Waals surface area contributed by atoms with E-state index in [2.05, 4.69) is 0 Å². The Labute approximate surface area is 116 Å². The Bertz CT molecular complexity index is 614. The molecule has 1 aromatic heterocycles. The van der Waals surface area contributed by atoms with Gasteiger partial charge in [-0.15, -0.1) is 0 Å². The number of halogens is 1. The van der Waals surface area contributed by atoms with Crippen molar-refractivity contribution >= 4 is 11.6 Å². The first-order chi connectivity index (χ1) is 9.06. The lowest BCUT2D eigenvalue weighted by Gasteiger charge is -2.04. The lowest BCUT2D eigenvalue weighted by molar-refractivity contribution is 0.421. The van der Waals surface area contributed by atoms with Crippen molar-refractivity contribution < 1.29 is 9.52 Å². The molecule has 0 aliphatic carbocycles. The summed E-state index contributed by atoms with van der Waals surface area (Å²) in [7, 11) is 0. The fourth-order valence-corrected chi connectivity index (χ4v) is 2.10. The summed E-state index contributed by atoms with van der Waals surface area (Å²) in [6.45, 7) is 1.64. The van der Waals surface area contributed by atoms with Gasteiger partial charge < -0.3 is 9.52 Å². The number of aryl methyl sites for hydroxylation is 2. The van der Waals surface area contributed by atoms with Crippen LogP contribution in [-0.2, 0) is 12.8 Å². The molecule has 1 heterocycles. The van der Waals surface area contributed by atoms with Crippen molar-refractivity contribution in [3.05, 3.63) is 62.7 Å². The zero-order chi connectivity index (χ0) is 13.8. The second-order valence-corrected chi connectivity index (χ2v) is 4.92. The summed E-state index contributed by atoms with van der Waals surface area (Å²) < 4.78 is 4.97. The van der Waals surface area contributed by atoms with Crippen molar-refractivity contribution in [2.45, 2.75) is 26.2 Å². The predicted molar refractivity (Wildman–Crippen MR) is 74.9 cm³/mol. The molecule has 0 fully saturated rings. The molecule has 0 unspecified atom stereocenters. The highest BCUT2D eigenvalue weighted by Crippen LogP contribution is 2.17. The predicted octanol–water partition coefficient (Wildman–Crippen LogP) is 3.48. The number of rotatable bonds is 4. The minimum absolute atomic E-state index is 0.0184. The Morgan fingerprint density at radius 3 is 2.53 bits per heavy atom. The molecular weight excluding hydrogens is 264 g/mol. The SMILES string of the molecule is Cc1cc(O)c(CCCc2ccc(Cl)cc2)c(=O)o1. The molecule has 100 valence electrons. The minimum atomic E-state index is -0.450. The number of aromatic hydroxyl groups is 1. The zero-order valence-electron chi connectivity index (χ0n) is 10.6. The molecular formula is C15H15ClO3. The molecule has 0 aliphatic heterocycles. The molecule has 1 aromatic carbocycles.